The molecule has 1 aromatic rings. The van der Waals surface area contributed by atoms with Crippen molar-refractivity contribution in [1.29, 1.82) is 0 Å². The predicted molar refractivity (Wildman–Crippen MR) is 81.7 cm³/mol. The molecule has 0 radical (unpaired) electrons. The van der Waals surface area contributed by atoms with Gasteiger partial charge in [0, 0.05) is 37.9 Å². The highest BCUT2D eigenvalue weighted by Crippen LogP contribution is 2.27. The Morgan fingerprint density at radius 2 is 2.05 bits per heavy atom. The van der Waals surface area contributed by atoms with Crippen molar-refractivity contribution in [2.75, 3.05) is 31.6 Å². The SMILES string of the molecule is CCN1CCC(N(C)c2ccc(C(C)=O)c(O)c2)CC1. The molecule has 1 heterocycles. The van der Waals surface area contributed by atoms with Crippen LogP contribution in [0, 0.1) is 0 Å². The van der Waals surface area contributed by atoms with Gasteiger partial charge in [-0.05, 0) is 38.4 Å². The maximum atomic E-state index is 11.3. The first-order valence-corrected chi connectivity index (χ1v) is 7.32. The summed E-state index contributed by atoms with van der Waals surface area (Å²) in [6.45, 7) is 7.04. The second-order valence-electron chi connectivity index (χ2n) is 5.53. The summed E-state index contributed by atoms with van der Waals surface area (Å²) in [7, 11) is 2.06. The number of nitrogens with zero attached hydrogens (tertiary/aromatic N) is 2. The van der Waals surface area contributed by atoms with E-state index in [-0.39, 0.29) is 11.5 Å². The van der Waals surface area contributed by atoms with E-state index in [1.807, 2.05) is 6.07 Å². The van der Waals surface area contributed by atoms with E-state index in [0.717, 1.165) is 38.2 Å². The molecule has 0 spiro atoms. The number of piperidine rings is 1. The van der Waals surface area contributed by atoms with Gasteiger partial charge in [0.2, 0.25) is 0 Å². The molecule has 1 aliphatic rings. The van der Waals surface area contributed by atoms with Crippen molar-refractivity contribution in [1.82, 2.24) is 4.90 Å². The number of aromatic hydroxyl groups is 1. The molecule has 1 N–H and O–H groups in total. The van der Waals surface area contributed by atoms with E-state index in [2.05, 4.69) is 23.8 Å². The average molecular weight is 276 g/mol. The monoisotopic (exact) mass is 276 g/mol. The molecule has 0 aromatic heterocycles. The molecule has 4 heteroatoms. The van der Waals surface area contributed by atoms with Crippen molar-refractivity contribution >= 4 is 11.5 Å². The van der Waals surface area contributed by atoms with E-state index < -0.39 is 0 Å². The van der Waals surface area contributed by atoms with E-state index in [1.54, 1.807) is 12.1 Å². The molecule has 0 aliphatic carbocycles. The number of ketones is 1. The number of carbonyl (C=O) groups is 1. The van der Waals surface area contributed by atoms with Crippen molar-refractivity contribution in [3.05, 3.63) is 23.8 Å². The Balaban J connectivity index is 2.08. The van der Waals surface area contributed by atoms with Crippen LogP contribution in [-0.2, 0) is 0 Å². The minimum Gasteiger partial charge on any atom is -0.507 e. The number of phenols is 1. The molecule has 0 amide bonds. The molecule has 0 saturated carbocycles. The van der Waals surface area contributed by atoms with Crippen LogP contribution in [-0.4, -0.2) is 48.5 Å². The van der Waals surface area contributed by atoms with Crippen molar-refractivity contribution in [2.24, 2.45) is 0 Å². The standard InChI is InChI=1S/C16H24N2O2/c1-4-18-9-7-13(8-10-18)17(3)14-5-6-15(12(2)19)16(20)11-14/h5-6,11,13,20H,4,7-10H2,1-3H3. The summed E-state index contributed by atoms with van der Waals surface area (Å²) in [6.07, 6.45) is 2.28. The summed E-state index contributed by atoms with van der Waals surface area (Å²) in [6, 6.07) is 5.83. The van der Waals surface area contributed by atoms with Gasteiger partial charge in [-0.25, -0.2) is 0 Å². The number of phenolic OH excluding ortho intramolecular Hbond substituents is 1. The van der Waals surface area contributed by atoms with Crippen LogP contribution in [0.4, 0.5) is 5.69 Å². The first-order chi connectivity index (χ1) is 9.52. The molecule has 0 unspecified atom stereocenters. The first-order valence-electron chi connectivity index (χ1n) is 7.32. The molecule has 0 atom stereocenters. The molecule has 1 aliphatic heterocycles. The van der Waals surface area contributed by atoms with E-state index in [0.29, 0.717) is 11.6 Å². The van der Waals surface area contributed by atoms with Crippen LogP contribution in [0.3, 0.4) is 0 Å². The van der Waals surface area contributed by atoms with E-state index in [1.165, 1.54) is 6.92 Å². The number of carbonyl (C=O) groups excluding carboxylic acids is 1. The Morgan fingerprint density at radius 1 is 1.40 bits per heavy atom. The lowest BCUT2D eigenvalue weighted by Gasteiger charge is -2.37. The third-order valence-corrected chi connectivity index (χ3v) is 4.32. The molecule has 4 nitrogen and oxygen atoms in total. The fraction of sp³-hybridized carbons (Fsp3) is 0.562. The lowest BCUT2D eigenvalue weighted by molar-refractivity contribution is 0.101. The average Bonchev–Trinajstić information content (AvgIpc) is 2.46. The molecule has 20 heavy (non-hydrogen) atoms. The maximum absolute atomic E-state index is 11.3. The summed E-state index contributed by atoms with van der Waals surface area (Å²) >= 11 is 0. The van der Waals surface area contributed by atoms with Crippen LogP contribution in [0.15, 0.2) is 18.2 Å². The maximum Gasteiger partial charge on any atom is 0.163 e. The topological polar surface area (TPSA) is 43.8 Å². The number of Topliss-reactive ketones (excluding diaryl/α,β-unsaturated/α-hetero) is 1. The summed E-state index contributed by atoms with van der Waals surface area (Å²) in [4.78, 5) is 16.0. The van der Waals surface area contributed by atoms with Crippen LogP contribution >= 0.6 is 0 Å². The van der Waals surface area contributed by atoms with Gasteiger partial charge in [0.15, 0.2) is 5.78 Å². The normalized spacial score (nSPS) is 17.1. The molecule has 1 aromatic carbocycles. The Bertz CT molecular complexity index is 479. The van der Waals surface area contributed by atoms with Gasteiger partial charge < -0.3 is 14.9 Å². The minimum absolute atomic E-state index is 0.0767. The van der Waals surface area contributed by atoms with E-state index in [9.17, 15) is 9.90 Å². The predicted octanol–water partition coefficient (Wildman–Crippen LogP) is 2.52. The third-order valence-electron chi connectivity index (χ3n) is 4.32. The van der Waals surface area contributed by atoms with Crippen LogP contribution in [0.1, 0.15) is 37.0 Å². The molecule has 0 bridgehead atoms. The summed E-state index contributed by atoms with van der Waals surface area (Å²) in [5, 5.41) is 9.93. The van der Waals surface area contributed by atoms with Gasteiger partial charge in [0.05, 0.1) is 5.56 Å². The summed E-state index contributed by atoms with van der Waals surface area (Å²) in [5.41, 5.74) is 1.37. The lowest BCUT2D eigenvalue weighted by atomic mass is 10.0. The molecule has 1 fully saturated rings. The van der Waals surface area contributed by atoms with Crippen molar-refractivity contribution in [2.45, 2.75) is 32.7 Å². The molecule has 110 valence electrons. The first kappa shape index (κ1) is 14.9. The van der Waals surface area contributed by atoms with E-state index >= 15 is 0 Å². The zero-order valence-corrected chi connectivity index (χ0v) is 12.6. The second-order valence-corrected chi connectivity index (χ2v) is 5.53. The number of anilines is 1. The molecular formula is C16H24N2O2. The van der Waals surface area contributed by atoms with Gasteiger partial charge in [0.1, 0.15) is 5.75 Å². The third kappa shape index (κ3) is 3.12. The Labute approximate surface area is 121 Å². The fourth-order valence-corrected chi connectivity index (χ4v) is 2.87. The highest BCUT2D eigenvalue weighted by atomic mass is 16.3. The Morgan fingerprint density at radius 3 is 2.55 bits per heavy atom. The number of likely N-dealkylation sites (tertiary alicyclic amines) is 1. The molecular weight excluding hydrogens is 252 g/mol. The smallest absolute Gasteiger partial charge is 0.163 e. The highest BCUT2D eigenvalue weighted by molar-refractivity contribution is 5.97. The molecule has 2 rings (SSSR count). The van der Waals surface area contributed by atoms with E-state index in [4.69, 9.17) is 0 Å². The van der Waals surface area contributed by atoms with Crippen LogP contribution in [0.5, 0.6) is 5.75 Å². The van der Waals surface area contributed by atoms with Gasteiger partial charge in [-0.15, -0.1) is 0 Å². The van der Waals surface area contributed by atoms with Gasteiger partial charge in [0.25, 0.3) is 0 Å². The number of benzene rings is 1. The quantitative estimate of drug-likeness (QED) is 0.858. The van der Waals surface area contributed by atoms with Crippen LogP contribution in [0.25, 0.3) is 0 Å². The van der Waals surface area contributed by atoms with Crippen LogP contribution < -0.4 is 4.90 Å². The summed E-state index contributed by atoms with van der Waals surface area (Å²) < 4.78 is 0. The van der Waals surface area contributed by atoms with Crippen molar-refractivity contribution in [3.63, 3.8) is 0 Å². The summed E-state index contributed by atoms with van der Waals surface area (Å²) in [5.74, 6) is -0.0270. The number of hydrogen-bond donors (Lipinski definition) is 1. The second kappa shape index (κ2) is 6.27. The van der Waals surface area contributed by atoms with Crippen molar-refractivity contribution in [3.8, 4) is 5.75 Å². The van der Waals surface area contributed by atoms with Gasteiger partial charge in [-0.1, -0.05) is 6.92 Å². The highest BCUT2D eigenvalue weighted by Gasteiger charge is 2.22. The zero-order valence-electron chi connectivity index (χ0n) is 12.6. The Kier molecular flexibility index (Phi) is 4.65. The Hall–Kier alpha value is -1.55. The number of rotatable bonds is 4. The van der Waals surface area contributed by atoms with Crippen LogP contribution in [0.2, 0.25) is 0 Å². The van der Waals surface area contributed by atoms with Gasteiger partial charge in [-0.3, -0.25) is 4.79 Å². The van der Waals surface area contributed by atoms with Gasteiger partial charge in [-0.2, -0.15) is 0 Å². The van der Waals surface area contributed by atoms with Gasteiger partial charge >= 0.3 is 0 Å². The minimum atomic E-state index is -0.104. The lowest BCUT2D eigenvalue weighted by Crippen LogP contribution is -2.43. The molecule has 1 saturated heterocycles. The van der Waals surface area contributed by atoms with Crippen molar-refractivity contribution < 1.29 is 9.90 Å². The number of hydrogen-bond acceptors (Lipinski definition) is 4. The zero-order chi connectivity index (χ0) is 14.7. The fourth-order valence-electron chi connectivity index (χ4n) is 2.87. The largest absolute Gasteiger partial charge is 0.507 e.